The average molecular weight is 407 g/mol. The Morgan fingerprint density at radius 3 is 2.40 bits per heavy atom. The van der Waals surface area contributed by atoms with Gasteiger partial charge in [-0.05, 0) is 30.9 Å². The Bertz CT molecular complexity index is 730. The minimum Gasteiger partial charge on any atom is -0.349 e. The number of nitrogens with one attached hydrogen (secondary N) is 2. The average Bonchev–Trinajstić information content (AvgIpc) is 2.53. The molecule has 5 nitrogen and oxygen atoms in total. The number of sulfonamides is 1. The zero-order valence-corrected chi connectivity index (χ0v) is 16.8. The molecule has 2 rings (SSSR count). The van der Waals surface area contributed by atoms with Gasteiger partial charge in [-0.25, -0.2) is 13.1 Å². The molecule has 0 bridgehead atoms. The van der Waals surface area contributed by atoms with E-state index >= 15 is 0 Å². The molecule has 8 heteroatoms. The van der Waals surface area contributed by atoms with Gasteiger partial charge in [0.15, 0.2) is 0 Å². The Balaban J connectivity index is 2.25. The van der Waals surface area contributed by atoms with Crippen LogP contribution in [0.3, 0.4) is 0 Å². The molecule has 1 aromatic carbocycles. The van der Waals surface area contributed by atoms with Crippen molar-refractivity contribution >= 4 is 39.1 Å². The summed E-state index contributed by atoms with van der Waals surface area (Å²) in [7, 11) is -3.81. The van der Waals surface area contributed by atoms with E-state index in [1.165, 1.54) is 18.6 Å². The first-order chi connectivity index (χ1) is 11.7. The highest BCUT2D eigenvalue weighted by Crippen LogP contribution is 2.29. The number of rotatable bonds is 6. The molecule has 140 valence electrons. The lowest BCUT2D eigenvalue weighted by atomic mass is 9.95. The monoisotopic (exact) mass is 406 g/mol. The third kappa shape index (κ3) is 5.58. The van der Waals surface area contributed by atoms with E-state index in [2.05, 4.69) is 10.0 Å². The Kier molecular flexibility index (Phi) is 7.14. The lowest BCUT2D eigenvalue weighted by molar-refractivity contribution is 0.0927. The quantitative estimate of drug-likeness (QED) is 0.749. The summed E-state index contributed by atoms with van der Waals surface area (Å²) in [5.41, 5.74) is 0.126. The van der Waals surface area contributed by atoms with Crippen molar-refractivity contribution < 1.29 is 13.2 Å². The van der Waals surface area contributed by atoms with Crippen LogP contribution in [0.25, 0.3) is 0 Å². The third-order valence-corrected chi connectivity index (χ3v) is 6.38. The van der Waals surface area contributed by atoms with Crippen molar-refractivity contribution in [2.45, 2.75) is 56.9 Å². The van der Waals surface area contributed by atoms with E-state index in [0.29, 0.717) is 0 Å². The van der Waals surface area contributed by atoms with Crippen LogP contribution in [0.4, 0.5) is 0 Å². The zero-order chi connectivity index (χ0) is 18.6. The van der Waals surface area contributed by atoms with Gasteiger partial charge in [0, 0.05) is 12.6 Å². The molecule has 1 aromatic rings. The Morgan fingerprint density at radius 1 is 1.16 bits per heavy atom. The molecular formula is C17H24Cl2N2O3S. The van der Waals surface area contributed by atoms with Crippen molar-refractivity contribution in [2.75, 3.05) is 6.54 Å². The van der Waals surface area contributed by atoms with Crippen LogP contribution in [-0.4, -0.2) is 26.9 Å². The molecule has 25 heavy (non-hydrogen) atoms. The topological polar surface area (TPSA) is 75.3 Å². The summed E-state index contributed by atoms with van der Waals surface area (Å²) < 4.78 is 27.4. The lowest BCUT2D eigenvalue weighted by Crippen LogP contribution is -2.36. The van der Waals surface area contributed by atoms with Gasteiger partial charge in [-0.1, -0.05) is 56.3 Å². The predicted octanol–water partition coefficient (Wildman–Crippen LogP) is 3.99. The molecule has 2 N–H and O–H groups in total. The van der Waals surface area contributed by atoms with Gasteiger partial charge < -0.3 is 5.32 Å². The molecule has 1 amide bonds. The van der Waals surface area contributed by atoms with Gasteiger partial charge >= 0.3 is 0 Å². The SMILES string of the molecule is CC(C)CNS(=O)(=O)c1cc(C(=O)NC2CCCCC2)c(Cl)cc1Cl. The van der Waals surface area contributed by atoms with E-state index in [1.54, 1.807) is 0 Å². The Labute approximate surface area is 159 Å². The molecule has 1 aliphatic rings. The number of amides is 1. The molecule has 0 radical (unpaired) electrons. The van der Waals surface area contributed by atoms with Crippen molar-refractivity contribution in [3.05, 3.63) is 27.7 Å². The van der Waals surface area contributed by atoms with Gasteiger partial charge in [0.25, 0.3) is 5.91 Å². The standard InChI is InChI=1S/C17H24Cl2N2O3S/c1-11(2)10-20-25(23,24)16-8-13(14(18)9-15(16)19)17(22)21-12-6-4-3-5-7-12/h8-9,11-12,20H,3-7,10H2,1-2H3,(H,21,22). The second kappa shape index (κ2) is 8.71. The van der Waals surface area contributed by atoms with Crippen LogP contribution in [0.2, 0.25) is 10.0 Å². The van der Waals surface area contributed by atoms with Crippen molar-refractivity contribution in [3.63, 3.8) is 0 Å². The third-order valence-electron chi connectivity index (χ3n) is 4.18. The van der Waals surface area contributed by atoms with Crippen molar-refractivity contribution in [1.29, 1.82) is 0 Å². The maximum atomic E-state index is 12.5. The minimum atomic E-state index is -3.81. The lowest BCUT2D eigenvalue weighted by Gasteiger charge is -2.23. The van der Waals surface area contributed by atoms with Crippen molar-refractivity contribution in [3.8, 4) is 0 Å². The van der Waals surface area contributed by atoms with Crippen LogP contribution in [0, 0.1) is 5.92 Å². The first-order valence-corrected chi connectivity index (χ1v) is 10.7. The summed E-state index contributed by atoms with van der Waals surface area (Å²) in [6.45, 7) is 4.08. The number of hydrogen-bond donors (Lipinski definition) is 2. The van der Waals surface area contributed by atoms with Crippen LogP contribution in [0.1, 0.15) is 56.3 Å². The molecular weight excluding hydrogens is 383 g/mol. The zero-order valence-electron chi connectivity index (χ0n) is 14.4. The largest absolute Gasteiger partial charge is 0.349 e. The van der Waals surface area contributed by atoms with Gasteiger partial charge in [0.05, 0.1) is 15.6 Å². The summed E-state index contributed by atoms with van der Waals surface area (Å²) in [5.74, 6) is -0.219. The molecule has 0 heterocycles. The first-order valence-electron chi connectivity index (χ1n) is 8.50. The van der Waals surface area contributed by atoms with Gasteiger partial charge in [-0.2, -0.15) is 0 Å². The molecule has 0 saturated heterocycles. The Hall–Kier alpha value is -0.820. The molecule has 0 aliphatic heterocycles. The summed E-state index contributed by atoms with van der Waals surface area (Å²) in [6.07, 6.45) is 5.20. The van der Waals surface area contributed by atoms with Crippen LogP contribution in [-0.2, 0) is 10.0 Å². The number of carbonyl (C=O) groups excluding carboxylic acids is 1. The number of benzene rings is 1. The number of hydrogen-bond acceptors (Lipinski definition) is 3. The van der Waals surface area contributed by atoms with E-state index in [9.17, 15) is 13.2 Å². The van der Waals surface area contributed by atoms with Gasteiger partial charge in [0.1, 0.15) is 4.90 Å². The highest BCUT2D eigenvalue weighted by molar-refractivity contribution is 7.89. The number of carbonyl (C=O) groups is 1. The molecule has 0 unspecified atom stereocenters. The van der Waals surface area contributed by atoms with E-state index in [0.717, 1.165) is 25.7 Å². The maximum Gasteiger partial charge on any atom is 0.253 e. The number of halogens is 2. The minimum absolute atomic E-state index is 0.00419. The molecule has 1 aliphatic carbocycles. The normalized spacial score (nSPS) is 16.2. The predicted molar refractivity (Wildman–Crippen MR) is 101 cm³/mol. The maximum absolute atomic E-state index is 12.5. The summed E-state index contributed by atoms with van der Waals surface area (Å²) in [4.78, 5) is 12.4. The fourth-order valence-electron chi connectivity index (χ4n) is 2.77. The summed E-state index contributed by atoms with van der Waals surface area (Å²) in [5, 5.41) is 3.08. The summed E-state index contributed by atoms with van der Waals surface area (Å²) >= 11 is 12.2. The van der Waals surface area contributed by atoms with Crippen LogP contribution < -0.4 is 10.0 Å². The molecule has 0 atom stereocenters. The van der Waals surface area contributed by atoms with Gasteiger partial charge in [-0.15, -0.1) is 0 Å². The Morgan fingerprint density at radius 2 is 1.80 bits per heavy atom. The van der Waals surface area contributed by atoms with Crippen LogP contribution in [0.15, 0.2) is 17.0 Å². The van der Waals surface area contributed by atoms with Gasteiger partial charge in [0.2, 0.25) is 10.0 Å². The highest BCUT2D eigenvalue weighted by atomic mass is 35.5. The van der Waals surface area contributed by atoms with E-state index < -0.39 is 10.0 Å². The van der Waals surface area contributed by atoms with E-state index in [1.807, 2.05) is 13.8 Å². The molecule has 0 aromatic heterocycles. The molecule has 1 fully saturated rings. The second-order valence-corrected chi connectivity index (χ2v) is 9.37. The fourth-order valence-corrected chi connectivity index (χ4v) is 4.84. The second-order valence-electron chi connectivity index (χ2n) is 6.82. The van der Waals surface area contributed by atoms with Crippen molar-refractivity contribution in [1.82, 2.24) is 10.0 Å². The summed E-state index contributed by atoms with van der Waals surface area (Å²) in [6, 6.07) is 2.67. The smallest absolute Gasteiger partial charge is 0.253 e. The van der Waals surface area contributed by atoms with E-state index in [4.69, 9.17) is 23.2 Å². The van der Waals surface area contributed by atoms with E-state index in [-0.39, 0.29) is 44.9 Å². The fraction of sp³-hybridized carbons (Fsp3) is 0.588. The first kappa shape index (κ1) is 20.5. The highest BCUT2D eigenvalue weighted by Gasteiger charge is 2.24. The van der Waals surface area contributed by atoms with Crippen LogP contribution in [0.5, 0.6) is 0 Å². The van der Waals surface area contributed by atoms with Crippen LogP contribution >= 0.6 is 23.2 Å². The molecule has 0 spiro atoms. The van der Waals surface area contributed by atoms with Gasteiger partial charge in [-0.3, -0.25) is 4.79 Å². The van der Waals surface area contributed by atoms with Crippen molar-refractivity contribution in [2.24, 2.45) is 5.92 Å². The molecule has 1 saturated carbocycles.